The molecule has 0 saturated carbocycles. The first-order valence-corrected chi connectivity index (χ1v) is 31.9. The average Bonchev–Trinajstić information content (AvgIpc) is 3.38. The minimum atomic E-state index is -1.28. The zero-order chi connectivity index (χ0) is 51.6. The third-order valence-corrected chi connectivity index (χ3v) is 15.1. The Hall–Kier alpha value is -1.47. The Morgan fingerprint density at radius 2 is 0.620 bits per heavy atom. The van der Waals surface area contributed by atoms with Gasteiger partial charge in [0.15, 0.2) is 0 Å². The molecule has 0 aromatic heterocycles. The van der Waals surface area contributed by atoms with Gasteiger partial charge in [-0.25, -0.2) is 0 Å². The van der Waals surface area contributed by atoms with E-state index in [2.05, 4.69) is 55.6 Å². The number of unbranched alkanes of at least 4 members (excludes halogenated alkanes) is 44. The number of allylic oxidation sites excluding steroid dienone is 6. The highest BCUT2D eigenvalue weighted by Gasteiger charge is 2.28. The van der Waals surface area contributed by atoms with Crippen LogP contribution < -0.4 is 5.32 Å². The van der Waals surface area contributed by atoms with Gasteiger partial charge in [-0.3, -0.25) is 4.79 Å². The largest absolute Gasteiger partial charge is 0.394 e. The van der Waals surface area contributed by atoms with E-state index < -0.39 is 36.9 Å². The van der Waals surface area contributed by atoms with Crippen molar-refractivity contribution in [2.75, 3.05) is 6.61 Å². The highest BCUT2D eigenvalue weighted by Crippen LogP contribution is 2.18. The number of carbonyl (C=O) groups excluding carboxylic acids is 1. The Balaban J connectivity index is 3.61. The number of amides is 1. The molecule has 4 unspecified atom stereocenters. The van der Waals surface area contributed by atoms with Crippen molar-refractivity contribution < 1.29 is 25.2 Å². The molecule has 0 fully saturated rings. The standard InChI is InChI=1S/C65H125NO5/c1-3-5-7-9-11-13-15-17-19-21-23-25-27-29-30-31-32-33-35-37-39-41-43-45-47-49-51-53-55-57-59-63(69)65(71)66-61(60-67)64(70)62(68)58-56-54-52-50-48-46-44-42-40-38-36-34-28-26-24-22-20-18-16-14-12-10-8-6-4-2/h23,25,29-30,50,52,61-64,67-70H,3-22,24,26-28,31-49,51,53-60H2,1-2H3,(H,66,71)/b25-23-,30-29-,52-50+. The fourth-order valence-electron chi connectivity index (χ4n) is 10.1. The molecule has 0 aliphatic rings. The normalized spacial score (nSPS) is 13.8. The molecule has 420 valence electrons. The van der Waals surface area contributed by atoms with Gasteiger partial charge in [-0.05, 0) is 70.6 Å². The summed E-state index contributed by atoms with van der Waals surface area (Å²) in [6.45, 7) is 4.08. The smallest absolute Gasteiger partial charge is 0.249 e. The van der Waals surface area contributed by atoms with Crippen LogP contribution in [-0.2, 0) is 4.79 Å². The summed E-state index contributed by atoms with van der Waals surface area (Å²) in [7, 11) is 0. The minimum absolute atomic E-state index is 0.363. The molecule has 0 saturated heterocycles. The van der Waals surface area contributed by atoms with Gasteiger partial charge in [0.05, 0.1) is 18.8 Å². The lowest BCUT2D eigenvalue weighted by atomic mass is 10.00. The summed E-state index contributed by atoms with van der Waals surface area (Å²) in [6.07, 6.45) is 75.3. The molecule has 0 aliphatic carbocycles. The summed E-state index contributed by atoms with van der Waals surface area (Å²) in [4.78, 5) is 12.6. The number of nitrogens with one attached hydrogen (secondary N) is 1. The highest BCUT2D eigenvalue weighted by molar-refractivity contribution is 5.80. The van der Waals surface area contributed by atoms with Crippen LogP contribution in [0.15, 0.2) is 36.5 Å². The van der Waals surface area contributed by atoms with Crippen LogP contribution in [-0.4, -0.2) is 57.3 Å². The van der Waals surface area contributed by atoms with Crippen LogP contribution in [0, 0.1) is 0 Å². The van der Waals surface area contributed by atoms with Gasteiger partial charge < -0.3 is 25.7 Å². The Kier molecular flexibility index (Phi) is 58.2. The zero-order valence-electron chi connectivity index (χ0n) is 47.7. The predicted octanol–water partition coefficient (Wildman–Crippen LogP) is 19.1. The van der Waals surface area contributed by atoms with Gasteiger partial charge in [0, 0.05) is 0 Å². The minimum Gasteiger partial charge on any atom is -0.394 e. The van der Waals surface area contributed by atoms with Gasteiger partial charge in [0.1, 0.15) is 12.2 Å². The summed E-state index contributed by atoms with van der Waals surface area (Å²) < 4.78 is 0. The molecule has 0 bridgehead atoms. The first-order chi connectivity index (χ1) is 35.0. The molecule has 5 N–H and O–H groups in total. The second-order valence-electron chi connectivity index (χ2n) is 22.1. The summed E-state index contributed by atoms with van der Waals surface area (Å²) in [5, 5.41) is 44.1. The molecule has 6 nitrogen and oxygen atoms in total. The van der Waals surface area contributed by atoms with E-state index in [9.17, 15) is 25.2 Å². The maximum Gasteiger partial charge on any atom is 0.249 e. The Morgan fingerprint density at radius 3 is 0.930 bits per heavy atom. The summed E-state index contributed by atoms with van der Waals surface area (Å²) in [5.74, 6) is -0.589. The van der Waals surface area contributed by atoms with Gasteiger partial charge in [-0.1, -0.05) is 307 Å². The van der Waals surface area contributed by atoms with Gasteiger partial charge in [0.25, 0.3) is 0 Å². The van der Waals surface area contributed by atoms with Crippen LogP contribution in [0.4, 0.5) is 0 Å². The number of carbonyl (C=O) groups is 1. The first-order valence-electron chi connectivity index (χ1n) is 31.9. The molecule has 4 atom stereocenters. The Morgan fingerprint density at radius 1 is 0.352 bits per heavy atom. The van der Waals surface area contributed by atoms with Crippen LogP contribution in [0.5, 0.6) is 0 Å². The maximum absolute atomic E-state index is 12.6. The van der Waals surface area contributed by atoms with E-state index >= 15 is 0 Å². The lowest BCUT2D eigenvalue weighted by molar-refractivity contribution is -0.132. The van der Waals surface area contributed by atoms with E-state index in [4.69, 9.17) is 0 Å². The number of hydrogen-bond acceptors (Lipinski definition) is 5. The van der Waals surface area contributed by atoms with Crippen LogP contribution in [0.2, 0.25) is 0 Å². The van der Waals surface area contributed by atoms with E-state index in [1.165, 1.54) is 270 Å². The summed E-state index contributed by atoms with van der Waals surface area (Å²) in [5.41, 5.74) is 0. The van der Waals surface area contributed by atoms with Crippen molar-refractivity contribution in [1.82, 2.24) is 5.32 Å². The van der Waals surface area contributed by atoms with E-state index in [0.29, 0.717) is 12.8 Å². The predicted molar refractivity (Wildman–Crippen MR) is 311 cm³/mol. The molecule has 6 heteroatoms. The first kappa shape index (κ1) is 69.5. The van der Waals surface area contributed by atoms with Gasteiger partial charge in [-0.2, -0.15) is 0 Å². The number of rotatable bonds is 59. The second-order valence-corrected chi connectivity index (χ2v) is 22.1. The van der Waals surface area contributed by atoms with Crippen molar-refractivity contribution in [3.63, 3.8) is 0 Å². The maximum atomic E-state index is 12.6. The summed E-state index contributed by atoms with van der Waals surface area (Å²) >= 11 is 0. The molecule has 0 radical (unpaired) electrons. The Bertz CT molecular complexity index is 1120. The van der Waals surface area contributed by atoms with Crippen LogP contribution in [0.1, 0.15) is 341 Å². The van der Waals surface area contributed by atoms with Crippen molar-refractivity contribution in [2.45, 2.75) is 366 Å². The molecule has 0 heterocycles. The van der Waals surface area contributed by atoms with E-state index in [1.807, 2.05) is 0 Å². The van der Waals surface area contributed by atoms with Crippen molar-refractivity contribution in [2.24, 2.45) is 0 Å². The molecule has 0 aliphatic heterocycles. The van der Waals surface area contributed by atoms with Crippen LogP contribution >= 0.6 is 0 Å². The third-order valence-electron chi connectivity index (χ3n) is 15.1. The monoisotopic (exact) mass is 1000 g/mol. The lowest BCUT2D eigenvalue weighted by Crippen LogP contribution is -2.53. The quantitative estimate of drug-likeness (QED) is 0.0308. The van der Waals surface area contributed by atoms with E-state index in [0.717, 1.165) is 44.9 Å². The summed E-state index contributed by atoms with van der Waals surface area (Å²) in [6, 6.07) is -1.00. The second kappa shape index (κ2) is 59.4. The molecular weight excluding hydrogens is 875 g/mol. The van der Waals surface area contributed by atoms with Gasteiger partial charge >= 0.3 is 0 Å². The van der Waals surface area contributed by atoms with Crippen molar-refractivity contribution in [3.8, 4) is 0 Å². The number of aliphatic hydroxyl groups excluding tert-OH is 4. The molecular formula is C65H125NO5. The topological polar surface area (TPSA) is 110 Å². The molecule has 0 aromatic rings. The van der Waals surface area contributed by atoms with Crippen molar-refractivity contribution >= 4 is 5.91 Å². The fraction of sp³-hybridized carbons (Fsp3) is 0.892. The molecule has 0 aromatic carbocycles. The lowest BCUT2D eigenvalue weighted by Gasteiger charge is -2.27. The SMILES string of the molecule is CCCCCCCCCCC/C=C\C/C=C\CCCCCCCCCCCCCCCCC(O)C(=O)NC(CO)C(O)C(O)CCC/C=C/CCCCCCCCCCCCCCCCCCCCCC. The highest BCUT2D eigenvalue weighted by atomic mass is 16.3. The molecule has 0 rings (SSSR count). The fourth-order valence-corrected chi connectivity index (χ4v) is 10.1. The molecule has 71 heavy (non-hydrogen) atoms. The van der Waals surface area contributed by atoms with Gasteiger partial charge in [0.2, 0.25) is 5.91 Å². The molecule has 0 spiro atoms. The molecule has 1 amide bonds. The van der Waals surface area contributed by atoms with Crippen molar-refractivity contribution in [3.05, 3.63) is 36.5 Å². The zero-order valence-corrected chi connectivity index (χ0v) is 47.7. The van der Waals surface area contributed by atoms with Gasteiger partial charge in [-0.15, -0.1) is 0 Å². The van der Waals surface area contributed by atoms with Crippen molar-refractivity contribution in [1.29, 1.82) is 0 Å². The van der Waals surface area contributed by atoms with Crippen LogP contribution in [0.25, 0.3) is 0 Å². The average molecular weight is 1000 g/mol. The van der Waals surface area contributed by atoms with Crippen LogP contribution in [0.3, 0.4) is 0 Å². The number of aliphatic hydroxyl groups is 4. The Labute approximate surface area is 443 Å². The number of hydrogen-bond donors (Lipinski definition) is 5. The van der Waals surface area contributed by atoms with E-state index in [-0.39, 0.29) is 0 Å². The third kappa shape index (κ3) is 53.2. The van der Waals surface area contributed by atoms with E-state index in [1.54, 1.807) is 0 Å².